The third kappa shape index (κ3) is 3.62. The summed E-state index contributed by atoms with van der Waals surface area (Å²) in [7, 11) is 1.67. The lowest BCUT2D eigenvalue weighted by Gasteiger charge is -2.19. The Kier molecular flexibility index (Phi) is 5.25. The van der Waals surface area contributed by atoms with Gasteiger partial charge >= 0.3 is 0 Å². The topological polar surface area (TPSA) is 70.3 Å². The molecule has 1 fully saturated rings. The van der Waals surface area contributed by atoms with Crippen LogP contribution in [0.2, 0.25) is 0 Å². The van der Waals surface area contributed by atoms with Crippen molar-refractivity contribution >= 4 is 16.8 Å². The van der Waals surface area contributed by atoms with Crippen LogP contribution in [0.15, 0.2) is 24.3 Å². The molecule has 1 aromatic carbocycles. The van der Waals surface area contributed by atoms with E-state index in [0.717, 1.165) is 36.0 Å². The molecule has 0 bridgehead atoms. The van der Waals surface area contributed by atoms with Gasteiger partial charge in [-0.1, -0.05) is 0 Å². The molecule has 25 heavy (non-hydrogen) atoms. The summed E-state index contributed by atoms with van der Waals surface area (Å²) in [6, 6.07) is 10.2. The van der Waals surface area contributed by atoms with Crippen LogP contribution < -0.4 is 10.1 Å². The van der Waals surface area contributed by atoms with Crippen LogP contribution in [-0.4, -0.2) is 48.2 Å². The van der Waals surface area contributed by atoms with Gasteiger partial charge in [0.2, 0.25) is 5.91 Å². The quantitative estimate of drug-likeness (QED) is 0.817. The molecule has 0 unspecified atom stereocenters. The van der Waals surface area contributed by atoms with Gasteiger partial charge in [0.05, 0.1) is 19.7 Å². The first-order valence-electron chi connectivity index (χ1n) is 8.67. The van der Waals surface area contributed by atoms with Crippen molar-refractivity contribution in [1.82, 2.24) is 14.8 Å². The lowest BCUT2D eigenvalue weighted by atomic mass is 10.2. The van der Waals surface area contributed by atoms with Crippen molar-refractivity contribution in [2.45, 2.75) is 32.4 Å². The van der Waals surface area contributed by atoms with E-state index in [-0.39, 0.29) is 18.5 Å². The number of aromatic nitrogens is 1. The minimum atomic E-state index is -0.250. The smallest absolute Gasteiger partial charge is 0.237 e. The number of nitrogens with zero attached hydrogens (tertiary/aromatic N) is 3. The van der Waals surface area contributed by atoms with Crippen molar-refractivity contribution in [2.24, 2.45) is 0 Å². The van der Waals surface area contributed by atoms with E-state index in [1.807, 2.05) is 12.1 Å². The number of aryl methyl sites for hydroxylation is 1. The van der Waals surface area contributed by atoms with Crippen molar-refractivity contribution in [3.63, 3.8) is 0 Å². The third-order valence-electron chi connectivity index (χ3n) is 4.83. The van der Waals surface area contributed by atoms with Crippen molar-refractivity contribution in [3.8, 4) is 11.8 Å². The molecule has 0 saturated carbocycles. The zero-order chi connectivity index (χ0) is 17.8. The van der Waals surface area contributed by atoms with Gasteiger partial charge in [0, 0.05) is 36.2 Å². The summed E-state index contributed by atoms with van der Waals surface area (Å²) in [5, 5.41) is 13.4. The van der Waals surface area contributed by atoms with Crippen LogP contribution in [0.5, 0.6) is 5.75 Å². The summed E-state index contributed by atoms with van der Waals surface area (Å²) in [6.07, 6.45) is 1.71. The molecule has 1 aliphatic rings. The van der Waals surface area contributed by atoms with E-state index in [2.05, 4.69) is 35.0 Å². The first kappa shape index (κ1) is 17.3. The molecule has 1 saturated heterocycles. The van der Waals surface area contributed by atoms with Crippen LogP contribution in [0.4, 0.5) is 0 Å². The van der Waals surface area contributed by atoms with Gasteiger partial charge < -0.3 is 19.5 Å². The second kappa shape index (κ2) is 7.58. The molecule has 0 aliphatic carbocycles. The molecule has 0 radical (unpaired) electrons. The highest BCUT2D eigenvalue weighted by Gasteiger charge is 2.27. The second-order valence-corrected chi connectivity index (χ2v) is 6.41. The van der Waals surface area contributed by atoms with E-state index in [9.17, 15) is 4.79 Å². The monoisotopic (exact) mass is 340 g/mol. The predicted molar refractivity (Wildman–Crippen MR) is 96.4 cm³/mol. The number of carbonyl (C=O) groups excluding carboxylic acids is 1. The highest BCUT2D eigenvalue weighted by Crippen LogP contribution is 2.24. The van der Waals surface area contributed by atoms with Crippen molar-refractivity contribution in [2.75, 3.05) is 26.7 Å². The number of fused-ring (bicyclic) bond motifs is 1. The van der Waals surface area contributed by atoms with Crippen molar-refractivity contribution in [3.05, 3.63) is 30.0 Å². The zero-order valence-corrected chi connectivity index (χ0v) is 14.8. The maximum absolute atomic E-state index is 12.2. The number of amides is 1. The lowest BCUT2D eigenvalue weighted by molar-refractivity contribution is -0.130. The molecule has 0 spiro atoms. The number of ether oxygens (including phenoxy) is 1. The molecule has 1 atom stereocenters. The van der Waals surface area contributed by atoms with Gasteiger partial charge in [0.1, 0.15) is 11.8 Å². The van der Waals surface area contributed by atoms with E-state index in [1.54, 1.807) is 12.0 Å². The van der Waals surface area contributed by atoms with Gasteiger partial charge in [-0.15, -0.1) is 0 Å². The summed E-state index contributed by atoms with van der Waals surface area (Å²) >= 11 is 0. The summed E-state index contributed by atoms with van der Waals surface area (Å²) in [5.74, 6) is 0.869. The Labute approximate surface area is 148 Å². The number of hydrogen-bond donors (Lipinski definition) is 1. The van der Waals surface area contributed by atoms with Gasteiger partial charge in [-0.05, 0) is 44.0 Å². The normalized spacial score (nSPS) is 17.0. The first-order valence-corrected chi connectivity index (χ1v) is 8.67. The van der Waals surface area contributed by atoms with Crippen LogP contribution in [0.1, 0.15) is 18.5 Å². The van der Waals surface area contributed by atoms with Crippen molar-refractivity contribution < 1.29 is 9.53 Å². The third-order valence-corrected chi connectivity index (χ3v) is 4.83. The van der Waals surface area contributed by atoms with Gasteiger partial charge in [0.25, 0.3) is 0 Å². The number of rotatable bonds is 6. The average molecular weight is 340 g/mol. The molecule has 1 aromatic heterocycles. The summed E-state index contributed by atoms with van der Waals surface area (Å²) < 4.78 is 7.51. The SMILES string of the molecule is COc1ccc2c(c1)cc(C)n2CCNCC(=O)N1CCC[C@H]1C#N. The number of likely N-dealkylation sites (tertiary alicyclic amines) is 1. The average Bonchev–Trinajstić information content (AvgIpc) is 3.21. The van der Waals surface area contributed by atoms with Crippen LogP contribution in [0.3, 0.4) is 0 Å². The molecule has 1 amide bonds. The minimum absolute atomic E-state index is 0.0165. The molecule has 2 aromatic rings. The fourth-order valence-corrected chi connectivity index (χ4v) is 3.50. The standard InChI is InChI=1S/C19H24N4O2/c1-14-10-15-11-17(25-2)5-6-18(15)22(14)9-7-21-13-19(24)23-8-3-4-16(23)12-20/h5-6,10-11,16,21H,3-4,7-9,13H2,1-2H3/t16-/m0/s1. The summed E-state index contributed by atoms with van der Waals surface area (Å²) in [5.41, 5.74) is 2.34. The number of hydrogen-bond acceptors (Lipinski definition) is 4. The highest BCUT2D eigenvalue weighted by atomic mass is 16.5. The van der Waals surface area contributed by atoms with E-state index >= 15 is 0 Å². The highest BCUT2D eigenvalue weighted by molar-refractivity contribution is 5.83. The largest absolute Gasteiger partial charge is 0.497 e. The maximum Gasteiger partial charge on any atom is 0.237 e. The van der Waals surface area contributed by atoms with Gasteiger partial charge in [-0.2, -0.15) is 5.26 Å². The molecule has 2 heterocycles. The van der Waals surface area contributed by atoms with Gasteiger partial charge in [-0.3, -0.25) is 4.79 Å². The molecule has 6 nitrogen and oxygen atoms in total. The molecule has 6 heteroatoms. The van der Waals surface area contributed by atoms with Crippen molar-refractivity contribution in [1.29, 1.82) is 5.26 Å². The summed E-state index contributed by atoms with van der Waals surface area (Å²) in [4.78, 5) is 13.9. The summed E-state index contributed by atoms with van der Waals surface area (Å²) in [6.45, 7) is 4.55. The van der Waals surface area contributed by atoms with E-state index in [0.29, 0.717) is 13.1 Å². The fourth-order valence-electron chi connectivity index (χ4n) is 3.50. The zero-order valence-electron chi connectivity index (χ0n) is 14.8. The van der Waals surface area contributed by atoms with E-state index < -0.39 is 0 Å². The molecular weight excluding hydrogens is 316 g/mol. The number of nitriles is 1. The van der Waals surface area contributed by atoms with Crippen LogP contribution in [0, 0.1) is 18.3 Å². The molecule has 132 valence electrons. The Balaban J connectivity index is 1.56. The molecule has 1 aliphatic heterocycles. The Morgan fingerprint density at radius 1 is 1.44 bits per heavy atom. The number of carbonyl (C=O) groups is 1. The fraction of sp³-hybridized carbons (Fsp3) is 0.474. The maximum atomic E-state index is 12.2. The van der Waals surface area contributed by atoms with Crippen LogP contribution in [-0.2, 0) is 11.3 Å². The molecular formula is C19H24N4O2. The molecule has 1 N–H and O–H groups in total. The number of benzene rings is 1. The predicted octanol–water partition coefficient (Wildman–Crippen LogP) is 2.06. The first-order chi connectivity index (χ1) is 12.1. The number of methoxy groups -OCH3 is 1. The van der Waals surface area contributed by atoms with E-state index in [4.69, 9.17) is 10.00 Å². The second-order valence-electron chi connectivity index (χ2n) is 6.41. The minimum Gasteiger partial charge on any atom is -0.497 e. The Hall–Kier alpha value is -2.52. The van der Waals surface area contributed by atoms with E-state index in [1.165, 1.54) is 5.69 Å². The van der Waals surface area contributed by atoms with Gasteiger partial charge in [0.15, 0.2) is 0 Å². The Morgan fingerprint density at radius 3 is 3.04 bits per heavy atom. The molecule has 3 rings (SSSR count). The Morgan fingerprint density at radius 2 is 2.28 bits per heavy atom. The van der Waals surface area contributed by atoms with Gasteiger partial charge in [-0.25, -0.2) is 0 Å². The van der Waals surface area contributed by atoms with Crippen LogP contribution in [0.25, 0.3) is 10.9 Å². The Bertz CT molecular complexity index is 806. The van der Waals surface area contributed by atoms with Crippen LogP contribution >= 0.6 is 0 Å². The lowest BCUT2D eigenvalue weighted by Crippen LogP contribution is -2.41. The number of nitrogens with one attached hydrogen (secondary N) is 1.